The minimum Gasteiger partial charge on any atom is -0.380 e. The van der Waals surface area contributed by atoms with Gasteiger partial charge in [0.05, 0.1) is 23.2 Å². The predicted molar refractivity (Wildman–Crippen MR) is 77.2 cm³/mol. The third-order valence-corrected chi connectivity index (χ3v) is 3.32. The molecule has 0 aliphatic rings. The van der Waals surface area contributed by atoms with E-state index in [2.05, 4.69) is 9.97 Å². The average Bonchev–Trinajstić information content (AvgIpc) is 2.90. The van der Waals surface area contributed by atoms with Gasteiger partial charge < -0.3 is 9.72 Å². The van der Waals surface area contributed by atoms with Gasteiger partial charge in [0.25, 0.3) is 0 Å². The summed E-state index contributed by atoms with van der Waals surface area (Å²) in [6.45, 7) is 0.465. The molecule has 0 aliphatic carbocycles. The SMILES string of the molecule is COCc1cccc(-c2nc3ccc(C(F)(F)F)cc3[nH]2)c1. The van der Waals surface area contributed by atoms with Gasteiger partial charge in [0.15, 0.2) is 0 Å². The first-order valence-electron chi connectivity index (χ1n) is 6.62. The molecular formula is C16H13F3N2O. The van der Waals surface area contributed by atoms with Crippen molar-refractivity contribution < 1.29 is 17.9 Å². The third-order valence-electron chi connectivity index (χ3n) is 3.32. The van der Waals surface area contributed by atoms with E-state index >= 15 is 0 Å². The summed E-state index contributed by atoms with van der Waals surface area (Å²) in [5, 5.41) is 0. The minimum absolute atomic E-state index is 0.363. The zero-order chi connectivity index (χ0) is 15.7. The molecule has 0 unspecified atom stereocenters. The van der Waals surface area contributed by atoms with Gasteiger partial charge in [0, 0.05) is 12.7 Å². The summed E-state index contributed by atoms with van der Waals surface area (Å²) in [5.74, 6) is 0.535. The first-order chi connectivity index (χ1) is 10.5. The number of H-pyrrole nitrogens is 1. The standard InChI is InChI=1S/C16H13F3N2O/c1-22-9-10-3-2-4-11(7-10)15-20-13-6-5-12(16(17,18)19)8-14(13)21-15/h2-8H,9H2,1H3,(H,20,21). The molecule has 0 amide bonds. The normalized spacial score (nSPS) is 12.0. The number of nitrogens with zero attached hydrogens (tertiary/aromatic N) is 1. The van der Waals surface area contributed by atoms with Gasteiger partial charge in [-0.05, 0) is 29.8 Å². The highest BCUT2D eigenvalue weighted by Crippen LogP contribution is 2.31. The molecule has 22 heavy (non-hydrogen) atoms. The molecule has 0 atom stereocenters. The number of hydrogen-bond acceptors (Lipinski definition) is 2. The van der Waals surface area contributed by atoms with E-state index in [0.29, 0.717) is 23.5 Å². The van der Waals surface area contributed by atoms with Crippen LogP contribution in [0.4, 0.5) is 13.2 Å². The number of aromatic amines is 1. The van der Waals surface area contributed by atoms with Crippen molar-refractivity contribution >= 4 is 11.0 Å². The zero-order valence-corrected chi connectivity index (χ0v) is 11.7. The monoisotopic (exact) mass is 306 g/mol. The van der Waals surface area contributed by atoms with Crippen LogP contribution in [-0.4, -0.2) is 17.1 Å². The highest BCUT2D eigenvalue weighted by Gasteiger charge is 2.30. The molecule has 2 aromatic carbocycles. The number of methoxy groups -OCH3 is 1. The molecule has 0 spiro atoms. The van der Waals surface area contributed by atoms with E-state index in [-0.39, 0.29) is 0 Å². The molecule has 0 saturated heterocycles. The van der Waals surface area contributed by atoms with Gasteiger partial charge in [-0.3, -0.25) is 0 Å². The largest absolute Gasteiger partial charge is 0.416 e. The topological polar surface area (TPSA) is 37.9 Å². The fourth-order valence-corrected chi connectivity index (χ4v) is 2.30. The van der Waals surface area contributed by atoms with Crippen molar-refractivity contribution in [3.8, 4) is 11.4 Å². The Balaban J connectivity index is 2.03. The van der Waals surface area contributed by atoms with Crippen LogP contribution in [0, 0.1) is 0 Å². The van der Waals surface area contributed by atoms with Gasteiger partial charge in [0.1, 0.15) is 5.82 Å². The number of hydrogen-bond donors (Lipinski definition) is 1. The van der Waals surface area contributed by atoms with Crippen LogP contribution in [0.2, 0.25) is 0 Å². The first kappa shape index (κ1) is 14.6. The minimum atomic E-state index is -4.36. The summed E-state index contributed by atoms with van der Waals surface area (Å²) in [6, 6.07) is 11.0. The maximum absolute atomic E-state index is 12.7. The number of benzene rings is 2. The second-order valence-electron chi connectivity index (χ2n) is 4.95. The van der Waals surface area contributed by atoms with Crippen molar-refractivity contribution in [2.75, 3.05) is 7.11 Å². The number of nitrogens with one attached hydrogen (secondary N) is 1. The van der Waals surface area contributed by atoms with E-state index < -0.39 is 11.7 Å². The van der Waals surface area contributed by atoms with E-state index in [1.165, 1.54) is 6.07 Å². The van der Waals surface area contributed by atoms with Crippen LogP contribution in [0.3, 0.4) is 0 Å². The van der Waals surface area contributed by atoms with Gasteiger partial charge in [-0.25, -0.2) is 4.98 Å². The van der Waals surface area contributed by atoms with Crippen molar-refractivity contribution in [2.45, 2.75) is 12.8 Å². The molecule has 1 N–H and O–H groups in total. The lowest BCUT2D eigenvalue weighted by Crippen LogP contribution is -2.04. The fourth-order valence-electron chi connectivity index (χ4n) is 2.30. The highest BCUT2D eigenvalue weighted by molar-refractivity contribution is 5.80. The number of aromatic nitrogens is 2. The van der Waals surface area contributed by atoms with Crippen LogP contribution in [-0.2, 0) is 17.5 Å². The van der Waals surface area contributed by atoms with Crippen LogP contribution in [0.25, 0.3) is 22.4 Å². The van der Waals surface area contributed by atoms with Crippen LogP contribution in [0.1, 0.15) is 11.1 Å². The summed E-state index contributed by atoms with van der Waals surface area (Å²) in [6.07, 6.45) is -4.36. The Labute approximate surface area is 124 Å². The Bertz CT molecular complexity index is 809. The molecule has 1 heterocycles. The Morgan fingerprint density at radius 3 is 2.68 bits per heavy atom. The Morgan fingerprint density at radius 1 is 1.14 bits per heavy atom. The van der Waals surface area contributed by atoms with Crippen molar-refractivity contribution in [1.29, 1.82) is 0 Å². The summed E-state index contributed by atoms with van der Waals surface area (Å²) in [5.41, 5.74) is 1.95. The second-order valence-corrected chi connectivity index (χ2v) is 4.95. The van der Waals surface area contributed by atoms with E-state index in [9.17, 15) is 13.2 Å². The molecule has 3 aromatic rings. The van der Waals surface area contributed by atoms with Crippen molar-refractivity contribution in [2.24, 2.45) is 0 Å². The molecule has 0 bridgehead atoms. The molecule has 0 fully saturated rings. The Hall–Kier alpha value is -2.34. The predicted octanol–water partition coefficient (Wildman–Crippen LogP) is 4.40. The van der Waals surface area contributed by atoms with Crippen molar-refractivity contribution in [1.82, 2.24) is 9.97 Å². The Kier molecular flexibility index (Phi) is 3.62. The number of fused-ring (bicyclic) bond motifs is 1. The van der Waals surface area contributed by atoms with E-state index in [1.807, 2.05) is 24.3 Å². The first-order valence-corrected chi connectivity index (χ1v) is 6.62. The third kappa shape index (κ3) is 2.82. The molecule has 0 aliphatic heterocycles. The molecule has 6 heteroatoms. The fraction of sp³-hybridized carbons (Fsp3) is 0.188. The van der Waals surface area contributed by atoms with Crippen LogP contribution in [0.15, 0.2) is 42.5 Å². The maximum atomic E-state index is 12.7. The van der Waals surface area contributed by atoms with Crippen LogP contribution < -0.4 is 0 Å². The maximum Gasteiger partial charge on any atom is 0.416 e. The molecule has 0 radical (unpaired) electrons. The molecule has 1 aromatic heterocycles. The number of alkyl halides is 3. The van der Waals surface area contributed by atoms with Crippen LogP contribution >= 0.6 is 0 Å². The highest BCUT2D eigenvalue weighted by atomic mass is 19.4. The van der Waals surface area contributed by atoms with Gasteiger partial charge in [-0.15, -0.1) is 0 Å². The summed E-state index contributed by atoms with van der Waals surface area (Å²) in [7, 11) is 1.60. The quantitative estimate of drug-likeness (QED) is 0.779. The summed E-state index contributed by atoms with van der Waals surface area (Å²) < 4.78 is 43.3. The lowest BCUT2D eigenvalue weighted by atomic mass is 10.1. The number of ether oxygens (including phenoxy) is 1. The van der Waals surface area contributed by atoms with E-state index in [1.54, 1.807) is 7.11 Å². The summed E-state index contributed by atoms with van der Waals surface area (Å²) >= 11 is 0. The van der Waals surface area contributed by atoms with Gasteiger partial charge in [-0.2, -0.15) is 13.2 Å². The lowest BCUT2D eigenvalue weighted by molar-refractivity contribution is -0.137. The smallest absolute Gasteiger partial charge is 0.380 e. The summed E-state index contributed by atoms with van der Waals surface area (Å²) in [4.78, 5) is 7.29. The van der Waals surface area contributed by atoms with Crippen molar-refractivity contribution in [3.63, 3.8) is 0 Å². The Morgan fingerprint density at radius 2 is 1.95 bits per heavy atom. The molecule has 0 saturated carbocycles. The van der Waals surface area contributed by atoms with E-state index in [0.717, 1.165) is 23.3 Å². The zero-order valence-electron chi connectivity index (χ0n) is 11.7. The lowest BCUT2D eigenvalue weighted by Gasteiger charge is -2.05. The molecule has 3 rings (SSSR count). The van der Waals surface area contributed by atoms with Gasteiger partial charge >= 0.3 is 6.18 Å². The molecule has 114 valence electrons. The van der Waals surface area contributed by atoms with Crippen LogP contribution in [0.5, 0.6) is 0 Å². The molecular weight excluding hydrogens is 293 g/mol. The van der Waals surface area contributed by atoms with Gasteiger partial charge in [-0.1, -0.05) is 18.2 Å². The second kappa shape index (κ2) is 5.46. The van der Waals surface area contributed by atoms with E-state index in [4.69, 9.17) is 4.74 Å². The number of rotatable bonds is 3. The molecule has 3 nitrogen and oxygen atoms in total. The average molecular weight is 306 g/mol. The van der Waals surface area contributed by atoms with Gasteiger partial charge in [0.2, 0.25) is 0 Å². The van der Waals surface area contributed by atoms with Crippen molar-refractivity contribution in [3.05, 3.63) is 53.6 Å². The number of imidazole rings is 1. The number of halogens is 3.